The van der Waals surface area contributed by atoms with Crippen LogP contribution in [0.5, 0.6) is 0 Å². The Hall–Kier alpha value is -1.14. The Labute approximate surface area is 114 Å². The van der Waals surface area contributed by atoms with Crippen LogP contribution in [-0.2, 0) is 11.3 Å². The molecule has 0 radical (unpaired) electrons. The molecule has 2 N–H and O–H groups in total. The molecule has 2 rings (SSSR count). The standard InChI is InChI=1S/C12H16BrN3O2/c13-9-1-2-11(17)15(7-9)6-4-12(18)16-5-3-10(14)8-16/h1-2,7,10H,3-6,8,14H2/t10-/m1/s1. The summed E-state index contributed by atoms with van der Waals surface area (Å²) in [5.41, 5.74) is 5.67. The van der Waals surface area contributed by atoms with E-state index in [9.17, 15) is 9.59 Å². The van der Waals surface area contributed by atoms with Gasteiger partial charge in [-0.25, -0.2) is 0 Å². The molecule has 0 spiro atoms. The fourth-order valence-electron chi connectivity index (χ4n) is 2.06. The number of rotatable bonds is 3. The number of nitrogens with two attached hydrogens (primary N) is 1. The fraction of sp³-hybridized carbons (Fsp3) is 0.500. The van der Waals surface area contributed by atoms with Gasteiger partial charge in [0.1, 0.15) is 0 Å². The molecule has 0 bridgehead atoms. The molecule has 1 fully saturated rings. The van der Waals surface area contributed by atoms with Gasteiger partial charge in [-0.3, -0.25) is 9.59 Å². The van der Waals surface area contributed by atoms with E-state index in [-0.39, 0.29) is 17.5 Å². The van der Waals surface area contributed by atoms with Gasteiger partial charge in [-0.2, -0.15) is 0 Å². The summed E-state index contributed by atoms with van der Waals surface area (Å²) in [5.74, 6) is 0.0647. The van der Waals surface area contributed by atoms with Crippen LogP contribution in [0.25, 0.3) is 0 Å². The molecule has 0 saturated carbocycles. The van der Waals surface area contributed by atoms with Crippen molar-refractivity contribution in [3.63, 3.8) is 0 Å². The molecule has 6 heteroatoms. The second kappa shape index (κ2) is 5.67. The lowest BCUT2D eigenvalue weighted by atomic mass is 10.3. The van der Waals surface area contributed by atoms with Gasteiger partial charge in [0.2, 0.25) is 5.91 Å². The molecule has 5 nitrogen and oxygen atoms in total. The SMILES string of the molecule is N[C@@H]1CCN(C(=O)CCn2cc(Br)ccc2=O)C1. The van der Waals surface area contributed by atoms with Gasteiger partial charge < -0.3 is 15.2 Å². The van der Waals surface area contributed by atoms with E-state index < -0.39 is 0 Å². The zero-order valence-corrected chi connectivity index (χ0v) is 11.6. The predicted molar refractivity (Wildman–Crippen MR) is 72.2 cm³/mol. The normalized spacial score (nSPS) is 19.2. The van der Waals surface area contributed by atoms with Crippen LogP contribution in [0, 0.1) is 0 Å². The van der Waals surface area contributed by atoms with Crippen LogP contribution in [-0.4, -0.2) is 34.5 Å². The van der Waals surface area contributed by atoms with E-state index in [1.165, 1.54) is 10.6 Å². The van der Waals surface area contributed by atoms with Crippen LogP contribution in [0.4, 0.5) is 0 Å². The van der Waals surface area contributed by atoms with Gasteiger partial charge in [0.05, 0.1) is 0 Å². The second-order valence-electron chi connectivity index (χ2n) is 4.52. The minimum atomic E-state index is -0.0934. The third-order valence-corrected chi connectivity index (χ3v) is 3.56. The minimum Gasteiger partial charge on any atom is -0.341 e. The number of carbonyl (C=O) groups excluding carboxylic acids is 1. The Balaban J connectivity index is 1.93. The van der Waals surface area contributed by atoms with Crippen LogP contribution in [0.15, 0.2) is 27.6 Å². The number of hydrogen-bond acceptors (Lipinski definition) is 3. The summed E-state index contributed by atoms with van der Waals surface area (Å²) in [7, 11) is 0. The summed E-state index contributed by atoms with van der Waals surface area (Å²) in [6, 6.07) is 3.28. The van der Waals surface area contributed by atoms with Crippen molar-refractivity contribution in [3.8, 4) is 0 Å². The van der Waals surface area contributed by atoms with E-state index in [4.69, 9.17) is 5.73 Å². The lowest BCUT2D eigenvalue weighted by Gasteiger charge is -2.16. The zero-order valence-electron chi connectivity index (χ0n) is 10.0. The Morgan fingerprint density at radius 2 is 2.28 bits per heavy atom. The molecule has 1 aliphatic rings. The number of aromatic nitrogens is 1. The zero-order chi connectivity index (χ0) is 13.1. The highest BCUT2D eigenvalue weighted by atomic mass is 79.9. The maximum Gasteiger partial charge on any atom is 0.250 e. The molecule has 1 aromatic rings. The maximum absolute atomic E-state index is 11.9. The molecule has 1 amide bonds. The molecule has 1 atom stereocenters. The molecule has 0 unspecified atom stereocenters. The molecule has 0 aromatic carbocycles. The fourth-order valence-corrected chi connectivity index (χ4v) is 2.44. The first-order valence-electron chi connectivity index (χ1n) is 5.95. The third kappa shape index (κ3) is 3.20. The van der Waals surface area contributed by atoms with Crippen molar-refractivity contribution in [1.29, 1.82) is 0 Å². The number of carbonyl (C=O) groups is 1. The number of hydrogen-bond donors (Lipinski definition) is 1. The van der Waals surface area contributed by atoms with Gasteiger partial charge in [0, 0.05) is 48.8 Å². The first kappa shape index (κ1) is 13.3. The number of halogens is 1. The first-order valence-corrected chi connectivity index (χ1v) is 6.75. The number of amides is 1. The highest BCUT2D eigenvalue weighted by Crippen LogP contribution is 2.09. The summed E-state index contributed by atoms with van der Waals surface area (Å²) in [5, 5.41) is 0. The van der Waals surface area contributed by atoms with Crippen molar-refractivity contribution >= 4 is 21.8 Å². The Kier molecular flexibility index (Phi) is 4.19. The molecule has 98 valence electrons. The summed E-state index contributed by atoms with van der Waals surface area (Å²) in [4.78, 5) is 25.2. The minimum absolute atomic E-state index is 0.0647. The number of pyridine rings is 1. The van der Waals surface area contributed by atoms with Gasteiger partial charge in [-0.05, 0) is 28.4 Å². The molecule has 1 aromatic heterocycles. The maximum atomic E-state index is 11.9. The van der Waals surface area contributed by atoms with E-state index in [0.29, 0.717) is 19.5 Å². The average molecular weight is 314 g/mol. The first-order chi connectivity index (χ1) is 8.56. The second-order valence-corrected chi connectivity index (χ2v) is 5.43. The third-order valence-electron chi connectivity index (χ3n) is 3.09. The van der Waals surface area contributed by atoms with Crippen LogP contribution >= 0.6 is 15.9 Å². The molecular weight excluding hydrogens is 298 g/mol. The van der Waals surface area contributed by atoms with Crippen LogP contribution in [0.3, 0.4) is 0 Å². The lowest BCUT2D eigenvalue weighted by molar-refractivity contribution is -0.130. The van der Waals surface area contributed by atoms with Crippen LogP contribution in [0.2, 0.25) is 0 Å². The monoisotopic (exact) mass is 313 g/mol. The molecule has 0 aliphatic carbocycles. The van der Waals surface area contributed by atoms with E-state index in [0.717, 1.165) is 17.4 Å². The number of likely N-dealkylation sites (tertiary alicyclic amines) is 1. The molecular formula is C12H16BrN3O2. The Morgan fingerprint density at radius 3 is 2.94 bits per heavy atom. The quantitative estimate of drug-likeness (QED) is 0.886. The van der Waals surface area contributed by atoms with Crippen molar-refractivity contribution in [1.82, 2.24) is 9.47 Å². The van der Waals surface area contributed by atoms with E-state index in [2.05, 4.69) is 15.9 Å². The summed E-state index contributed by atoms with van der Waals surface area (Å²) in [6.07, 6.45) is 2.90. The highest BCUT2D eigenvalue weighted by molar-refractivity contribution is 9.10. The van der Waals surface area contributed by atoms with Crippen molar-refractivity contribution in [2.45, 2.75) is 25.4 Å². The van der Waals surface area contributed by atoms with E-state index in [1.807, 2.05) is 0 Å². The van der Waals surface area contributed by atoms with Gasteiger partial charge in [-0.1, -0.05) is 0 Å². The summed E-state index contributed by atoms with van der Waals surface area (Å²) >= 11 is 3.31. The lowest BCUT2D eigenvalue weighted by Crippen LogP contribution is -2.33. The smallest absolute Gasteiger partial charge is 0.250 e. The van der Waals surface area contributed by atoms with Crippen LogP contribution in [0.1, 0.15) is 12.8 Å². The van der Waals surface area contributed by atoms with E-state index >= 15 is 0 Å². The van der Waals surface area contributed by atoms with E-state index in [1.54, 1.807) is 17.2 Å². The molecule has 18 heavy (non-hydrogen) atoms. The summed E-state index contributed by atoms with van der Waals surface area (Å²) in [6.45, 7) is 1.77. The largest absolute Gasteiger partial charge is 0.341 e. The van der Waals surface area contributed by atoms with Crippen molar-refractivity contribution < 1.29 is 4.79 Å². The predicted octanol–water partition coefficient (Wildman–Crippen LogP) is 0.560. The van der Waals surface area contributed by atoms with Crippen molar-refractivity contribution in [3.05, 3.63) is 33.2 Å². The van der Waals surface area contributed by atoms with Gasteiger partial charge in [-0.15, -0.1) is 0 Å². The van der Waals surface area contributed by atoms with Crippen molar-refractivity contribution in [2.24, 2.45) is 5.73 Å². The van der Waals surface area contributed by atoms with Crippen LogP contribution < -0.4 is 11.3 Å². The molecule has 1 aliphatic heterocycles. The number of nitrogens with zero attached hydrogens (tertiary/aromatic N) is 2. The molecule has 1 saturated heterocycles. The topological polar surface area (TPSA) is 68.3 Å². The number of aryl methyl sites for hydroxylation is 1. The van der Waals surface area contributed by atoms with Gasteiger partial charge in [0.25, 0.3) is 5.56 Å². The Morgan fingerprint density at radius 1 is 1.50 bits per heavy atom. The highest BCUT2D eigenvalue weighted by Gasteiger charge is 2.23. The Bertz CT molecular complexity index is 500. The van der Waals surface area contributed by atoms with Gasteiger partial charge >= 0.3 is 0 Å². The molecule has 2 heterocycles. The average Bonchev–Trinajstić information content (AvgIpc) is 2.77. The summed E-state index contributed by atoms with van der Waals surface area (Å²) < 4.78 is 2.37. The van der Waals surface area contributed by atoms with Gasteiger partial charge in [0.15, 0.2) is 0 Å². The van der Waals surface area contributed by atoms with Crippen molar-refractivity contribution in [2.75, 3.05) is 13.1 Å².